The van der Waals surface area contributed by atoms with Crippen molar-refractivity contribution in [3.63, 3.8) is 0 Å². The van der Waals surface area contributed by atoms with Crippen LogP contribution in [0.5, 0.6) is 0 Å². The molecule has 0 aliphatic carbocycles. The van der Waals surface area contributed by atoms with Crippen molar-refractivity contribution in [2.45, 2.75) is 13.3 Å². The number of hydrogen-bond donors (Lipinski definition) is 2. The molecule has 21 heavy (non-hydrogen) atoms. The average Bonchev–Trinajstić information content (AvgIpc) is 2.83. The first-order valence-electron chi connectivity index (χ1n) is 6.80. The van der Waals surface area contributed by atoms with E-state index in [0.717, 1.165) is 29.6 Å². The highest BCUT2D eigenvalue weighted by Crippen LogP contribution is 2.23. The number of anilines is 1. The molecule has 0 atom stereocenters. The van der Waals surface area contributed by atoms with Gasteiger partial charge in [0, 0.05) is 35.5 Å². The minimum atomic E-state index is 0.632. The molecule has 0 radical (unpaired) electrons. The van der Waals surface area contributed by atoms with Crippen molar-refractivity contribution in [3.8, 4) is 6.07 Å². The molecular weight excluding hydrogens is 262 g/mol. The Bertz CT molecular complexity index is 799. The van der Waals surface area contributed by atoms with Gasteiger partial charge in [-0.1, -0.05) is 0 Å². The average molecular weight is 277 g/mol. The van der Waals surface area contributed by atoms with Gasteiger partial charge in [0.1, 0.15) is 0 Å². The fourth-order valence-corrected chi connectivity index (χ4v) is 2.46. The summed E-state index contributed by atoms with van der Waals surface area (Å²) in [6.45, 7) is 2.80. The Morgan fingerprint density at radius 3 is 2.86 bits per heavy atom. The van der Waals surface area contributed by atoms with Gasteiger partial charge in [-0.25, -0.2) is 9.97 Å². The normalized spacial score (nSPS) is 10.5. The van der Waals surface area contributed by atoms with Gasteiger partial charge in [-0.05, 0) is 43.2 Å². The second-order valence-corrected chi connectivity index (χ2v) is 4.85. The number of aromatic nitrogens is 3. The number of fused-ring (bicyclic) bond motifs is 1. The Labute approximate surface area is 122 Å². The molecule has 1 aromatic carbocycles. The Morgan fingerprint density at radius 2 is 2.10 bits per heavy atom. The van der Waals surface area contributed by atoms with E-state index in [1.54, 1.807) is 18.5 Å². The van der Waals surface area contributed by atoms with E-state index in [2.05, 4.69) is 33.3 Å². The van der Waals surface area contributed by atoms with Crippen LogP contribution in [0.3, 0.4) is 0 Å². The van der Waals surface area contributed by atoms with Crippen LogP contribution >= 0.6 is 0 Å². The maximum atomic E-state index is 9.03. The lowest BCUT2D eigenvalue weighted by molar-refractivity contribution is 0.978. The van der Waals surface area contributed by atoms with E-state index in [9.17, 15) is 0 Å². The highest BCUT2D eigenvalue weighted by molar-refractivity contribution is 5.86. The van der Waals surface area contributed by atoms with Gasteiger partial charge in [0.05, 0.1) is 11.6 Å². The number of nitrogens with zero attached hydrogens (tertiary/aromatic N) is 3. The monoisotopic (exact) mass is 277 g/mol. The number of benzene rings is 1. The van der Waals surface area contributed by atoms with Crippen LogP contribution in [0, 0.1) is 18.3 Å². The summed E-state index contributed by atoms with van der Waals surface area (Å²) in [5, 5.41) is 13.3. The molecule has 0 unspecified atom stereocenters. The highest BCUT2D eigenvalue weighted by atomic mass is 15.1. The molecule has 0 saturated heterocycles. The van der Waals surface area contributed by atoms with Gasteiger partial charge in [-0.3, -0.25) is 0 Å². The molecule has 0 bridgehead atoms. The van der Waals surface area contributed by atoms with E-state index in [0.29, 0.717) is 11.5 Å². The third-order valence-corrected chi connectivity index (χ3v) is 3.47. The Hall–Kier alpha value is -2.87. The number of rotatable bonds is 4. The Balaban J connectivity index is 1.80. The van der Waals surface area contributed by atoms with Crippen molar-refractivity contribution in [3.05, 3.63) is 53.5 Å². The minimum Gasteiger partial charge on any atom is -0.358 e. The summed E-state index contributed by atoms with van der Waals surface area (Å²) in [7, 11) is 0. The molecule has 0 amide bonds. The summed E-state index contributed by atoms with van der Waals surface area (Å²) in [5.74, 6) is 0.632. The smallest absolute Gasteiger partial charge is 0.222 e. The summed E-state index contributed by atoms with van der Waals surface area (Å²) >= 11 is 0. The quantitative estimate of drug-likeness (QED) is 0.768. The molecule has 0 spiro atoms. The van der Waals surface area contributed by atoms with Crippen LogP contribution in [0.25, 0.3) is 10.9 Å². The predicted molar refractivity (Wildman–Crippen MR) is 82.0 cm³/mol. The van der Waals surface area contributed by atoms with Crippen molar-refractivity contribution in [2.24, 2.45) is 0 Å². The number of H-pyrrole nitrogens is 1. The van der Waals surface area contributed by atoms with Gasteiger partial charge in [0.25, 0.3) is 0 Å². The van der Waals surface area contributed by atoms with Crippen LogP contribution < -0.4 is 5.32 Å². The summed E-state index contributed by atoms with van der Waals surface area (Å²) in [5.41, 5.74) is 4.11. The number of hydrogen-bond acceptors (Lipinski definition) is 4. The van der Waals surface area contributed by atoms with Gasteiger partial charge in [0.2, 0.25) is 5.95 Å². The zero-order valence-corrected chi connectivity index (χ0v) is 11.7. The second kappa shape index (κ2) is 5.63. The van der Waals surface area contributed by atoms with Crippen molar-refractivity contribution < 1.29 is 0 Å². The highest BCUT2D eigenvalue weighted by Gasteiger charge is 2.09. The summed E-state index contributed by atoms with van der Waals surface area (Å²) in [4.78, 5) is 11.6. The lowest BCUT2D eigenvalue weighted by Crippen LogP contribution is -2.07. The zero-order valence-electron chi connectivity index (χ0n) is 11.7. The summed E-state index contributed by atoms with van der Waals surface area (Å²) in [6.07, 6.45) is 4.27. The van der Waals surface area contributed by atoms with Gasteiger partial charge < -0.3 is 10.3 Å². The molecule has 3 rings (SSSR count). The van der Waals surface area contributed by atoms with E-state index >= 15 is 0 Å². The lowest BCUT2D eigenvalue weighted by Gasteiger charge is -2.04. The maximum absolute atomic E-state index is 9.03. The zero-order chi connectivity index (χ0) is 14.7. The van der Waals surface area contributed by atoms with Crippen molar-refractivity contribution >= 4 is 16.9 Å². The molecule has 5 nitrogen and oxygen atoms in total. The lowest BCUT2D eigenvalue weighted by atomic mass is 10.1. The van der Waals surface area contributed by atoms with E-state index in [1.807, 2.05) is 18.2 Å². The second-order valence-electron chi connectivity index (χ2n) is 4.85. The van der Waals surface area contributed by atoms with Crippen LogP contribution in [0.1, 0.15) is 16.8 Å². The number of nitriles is 1. The number of nitrogens with one attached hydrogen (secondary N) is 2. The summed E-state index contributed by atoms with van der Waals surface area (Å²) < 4.78 is 0. The SMILES string of the molecule is Cc1[nH]c2ccc(C#N)cc2c1CCNc1ncccn1. The maximum Gasteiger partial charge on any atom is 0.222 e. The first-order chi connectivity index (χ1) is 10.3. The van der Waals surface area contributed by atoms with Gasteiger partial charge in [-0.15, -0.1) is 0 Å². The van der Waals surface area contributed by atoms with Crippen LogP contribution in [0.2, 0.25) is 0 Å². The Morgan fingerprint density at radius 1 is 1.29 bits per heavy atom. The molecule has 104 valence electrons. The van der Waals surface area contributed by atoms with Gasteiger partial charge in [0.15, 0.2) is 0 Å². The fourth-order valence-electron chi connectivity index (χ4n) is 2.46. The van der Waals surface area contributed by atoms with Crippen molar-refractivity contribution in [1.82, 2.24) is 15.0 Å². The van der Waals surface area contributed by atoms with Crippen LogP contribution in [0.15, 0.2) is 36.7 Å². The van der Waals surface area contributed by atoms with E-state index in [4.69, 9.17) is 5.26 Å². The fraction of sp³-hybridized carbons (Fsp3) is 0.188. The van der Waals surface area contributed by atoms with E-state index < -0.39 is 0 Å². The van der Waals surface area contributed by atoms with Crippen LogP contribution in [-0.4, -0.2) is 21.5 Å². The molecule has 0 fully saturated rings. The molecule has 2 aromatic heterocycles. The topological polar surface area (TPSA) is 77.4 Å². The molecule has 3 aromatic rings. The standard InChI is InChI=1S/C16H15N5/c1-11-13(5-8-20-16-18-6-2-7-19-16)14-9-12(10-17)3-4-15(14)21-11/h2-4,6-7,9,21H,5,8H2,1H3,(H,18,19,20). The van der Waals surface area contributed by atoms with Crippen molar-refractivity contribution in [2.75, 3.05) is 11.9 Å². The Kier molecular flexibility index (Phi) is 3.52. The molecule has 0 saturated carbocycles. The number of aryl methyl sites for hydroxylation is 1. The minimum absolute atomic E-state index is 0.632. The molecule has 2 N–H and O–H groups in total. The van der Waals surface area contributed by atoms with Crippen LogP contribution in [-0.2, 0) is 6.42 Å². The number of aromatic amines is 1. The molecule has 0 aliphatic heterocycles. The largest absolute Gasteiger partial charge is 0.358 e. The molecule has 5 heteroatoms. The van der Waals surface area contributed by atoms with E-state index in [-0.39, 0.29) is 0 Å². The third kappa shape index (κ3) is 2.70. The summed E-state index contributed by atoms with van der Waals surface area (Å²) in [6, 6.07) is 9.70. The van der Waals surface area contributed by atoms with Gasteiger partial charge >= 0.3 is 0 Å². The molecule has 2 heterocycles. The molecule has 0 aliphatic rings. The van der Waals surface area contributed by atoms with Crippen molar-refractivity contribution in [1.29, 1.82) is 5.26 Å². The molecular formula is C16H15N5. The van der Waals surface area contributed by atoms with E-state index in [1.165, 1.54) is 5.56 Å². The first-order valence-corrected chi connectivity index (χ1v) is 6.80. The third-order valence-electron chi connectivity index (χ3n) is 3.47. The van der Waals surface area contributed by atoms with Crippen LogP contribution in [0.4, 0.5) is 5.95 Å². The van der Waals surface area contributed by atoms with Gasteiger partial charge in [-0.2, -0.15) is 5.26 Å². The predicted octanol–water partition coefficient (Wildman–Crippen LogP) is 2.79. The first kappa shape index (κ1) is 13.1.